The van der Waals surface area contributed by atoms with Crippen molar-refractivity contribution in [3.8, 4) is 39.9 Å². The van der Waals surface area contributed by atoms with Crippen LogP contribution in [0.5, 0.6) is 28.7 Å². The Morgan fingerprint density at radius 3 is 2.37 bits per heavy atom. The molecule has 0 aliphatic heterocycles. The largest absolute Gasteiger partial charge is 0.507 e. The molecule has 10 heteroatoms. The van der Waals surface area contributed by atoms with Crippen molar-refractivity contribution >= 4 is 5.91 Å². The molecule has 46 heavy (non-hydrogen) atoms. The van der Waals surface area contributed by atoms with Crippen LogP contribution in [-0.4, -0.2) is 28.7 Å². The van der Waals surface area contributed by atoms with Crippen molar-refractivity contribution in [3.63, 3.8) is 0 Å². The number of hydrogen-bond donors (Lipinski definition) is 2. The van der Waals surface area contributed by atoms with Crippen LogP contribution in [0.25, 0.3) is 11.1 Å². The van der Waals surface area contributed by atoms with Gasteiger partial charge in [-0.1, -0.05) is 36.4 Å². The molecule has 4 aromatic carbocycles. The van der Waals surface area contributed by atoms with E-state index in [9.17, 15) is 23.5 Å². The summed E-state index contributed by atoms with van der Waals surface area (Å²) in [6.45, 7) is 2.26. The molecular weight excluding hydrogens is 594 g/mol. The fourth-order valence-corrected chi connectivity index (χ4v) is 4.85. The summed E-state index contributed by atoms with van der Waals surface area (Å²) in [4.78, 5) is 25.3. The number of carbonyl (C=O) groups excluding carboxylic acids is 1. The molecule has 0 aliphatic carbocycles. The molecule has 0 aliphatic rings. The van der Waals surface area contributed by atoms with E-state index in [0.717, 1.165) is 12.1 Å². The minimum absolute atomic E-state index is 0.128. The van der Waals surface area contributed by atoms with Gasteiger partial charge in [0.1, 0.15) is 34.9 Å². The third-order valence-corrected chi connectivity index (χ3v) is 7.13. The van der Waals surface area contributed by atoms with Gasteiger partial charge in [0.15, 0.2) is 11.6 Å². The minimum atomic E-state index is -0.883. The first-order chi connectivity index (χ1) is 22.2. The first kappa shape index (κ1) is 31.8. The summed E-state index contributed by atoms with van der Waals surface area (Å²) >= 11 is 0. The maximum Gasteiger partial charge on any atom is 0.255 e. The zero-order valence-electron chi connectivity index (χ0n) is 25.2. The fourth-order valence-electron chi connectivity index (χ4n) is 4.85. The number of aromatic hydroxyl groups is 1. The molecule has 5 aromatic rings. The van der Waals surface area contributed by atoms with Gasteiger partial charge in [-0.2, -0.15) is 0 Å². The molecule has 236 valence electrons. The fraction of sp³-hybridized carbons (Fsp3) is 0.167. The van der Waals surface area contributed by atoms with Gasteiger partial charge in [-0.05, 0) is 61.0 Å². The van der Waals surface area contributed by atoms with Gasteiger partial charge in [0, 0.05) is 49.5 Å². The number of phenols is 1. The van der Waals surface area contributed by atoms with Crippen molar-refractivity contribution < 1.29 is 32.9 Å². The number of amides is 1. The number of aryl methyl sites for hydroxylation is 1. The Labute approximate surface area is 264 Å². The van der Waals surface area contributed by atoms with Crippen LogP contribution in [0, 0.1) is 11.6 Å². The molecule has 1 unspecified atom stereocenters. The van der Waals surface area contributed by atoms with Crippen LogP contribution in [-0.2, 0) is 7.05 Å². The number of carbonyl (C=O) groups is 1. The van der Waals surface area contributed by atoms with Gasteiger partial charge in [-0.25, -0.2) is 8.78 Å². The second-order valence-corrected chi connectivity index (χ2v) is 10.3. The van der Waals surface area contributed by atoms with E-state index in [1.165, 1.54) is 28.8 Å². The van der Waals surface area contributed by atoms with Crippen molar-refractivity contribution in [2.24, 2.45) is 7.05 Å². The Bertz CT molecular complexity index is 1890. The summed E-state index contributed by atoms with van der Waals surface area (Å²) in [5.74, 6) is -1.28. The monoisotopic (exact) mass is 626 g/mol. The van der Waals surface area contributed by atoms with Crippen LogP contribution < -0.4 is 25.1 Å². The van der Waals surface area contributed by atoms with E-state index in [2.05, 4.69) is 5.32 Å². The van der Waals surface area contributed by atoms with Gasteiger partial charge >= 0.3 is 0 Å². The lowest BCUT2D eigenvalue weighted by Crippen LogP contribution is -2.26. The van der Waals surface area contributed by atoms with Crippen LogP contribution in [0.2, 0.25) is 0 Å². The number of aromatic nitrogens is 1. The second kappa shape index (κ2) is 14.4. The number of halogens is 2. The average molecular weight is 627 g/mol. The zero-order chi connectivity index (χ0) is 32.6. The first-order valence-corrected chi connectivity index (χ1v) is 14.6. The Morgan fingerprint density at radius 1 is 0.891 bits per heavy atom. The van der Waals surface area contributed by atoms with E-state index in [0.29, 0.717) is 34.6 Å². The van der Waals surface area contributed by atoms with Gasteiger partial charge in [0.05, 0.1) is 12.2 Å². The topological polar surface area (TPSA) is 99.0 Å². The Hall–Kier alpha value is -5.64. The molecule has 0 fully saturated rings. The maximum atomic E-state index is 14.7. The maximum absolute atomic E-state index is 14.7. The number of hydrogen-bond acceptors (Lipinski definition) is 6. The molecule has 1 atom stereocenters. The third-order valence-electron chi connectivity index (χ3n) is 7.13. The van der Waals surface area contributed by atoms with E-state index in [-0.39, 0.29) is 41.5 Å². The quantitative estimate of drug-likeness (QED) is 0.152. The number of rotatable bonds is 12. The summed E-state index contributed by atoms with van der Waals surface area (Å²) in [6.07, 6.45) is 1.33. The molecule has 0 saturated carbocycles. The number of phenolic OH excluding ortho intramolecular Hbond substituents is 1. The first-order valence-electron chi connectivity index (χ1n) is 14.6. The SMILES string of the molecule is CCOc1cc(=O)n(C)cc1-c1cc(C(CCNC(=O)c2ccccc2O)Oc2ccccc2)ccc1Oc1ccc(F)cc1F. The lowest BCUT2D eigenvalue weighted by atomic mass is 9.98. The van der Waals surface area contributed by atoms with Crippen molar-refractivity contribution in [2.75, 3.05) is 13.2 Å². The predicted molar refractivity (Wildman–Crippen MR) is 170 cm³/mol. The molecular formula is C36H32F2N2O6. The third kappa shape index (κ3) is 7.52. The van der Waals surface area contributed by atoms with E-state index in [1.54, 1.807) is 50.5 Å². The van der Waals surface area contributed by atoms with E-state index in [1.807, 2.05) is 30.3 Å². The molecule has 8 nitrogen and oxygen atoms in total. The molecule has 5 rings (SSSR count). The van der Waals surface area contributed by atoms with Gasteiger partial charge in [-0.15, -0.1) is 0 Å². The molecule has 0 bridgehead atoms. The summed E-state index contributed by atoms with van der Waals surface area (Å²) in [6, 6.07) is 25.0. The van der Waals surface area contributed by atoms with Crippen LogP contribution in [0.4, 0.5) is 8.78 Å². The summed E-state index contributed by atoms with van der Waals surface area (Å²) in [5.41, 5.74) is 1.49. The molecule has 1 aromatic heterocycles. The minimum Gasteiger partial charge on any atom is -0.507 e. The number of para-hydroxylation sites is 2. The summed E-state index contributed by atoms with van der Waals surface area (Å²) in [7, 11) is 1.60. The van der Waals surface area contributed by atoms with Crippen LogP contribution in [0.3, 0.4) is 0 Å². The Balaban J connectivity index is 1.55. The zero-order valence-corrected chi connectivity index (χ0v) is 25.2. The molecule has 1 amide bonds. The number of ether oxygens (including phenoxy) is 3. The molecule has 0 radical (unpaired) electrons. The lowest BCUT2D eigenvalue weighted by molar-refractivity contribution is 0.0943. The van der Waals surface area contributed by atoms with Crippen LogP contribution in [0.1, 0.15) is 35.4 Å². The summed E-state index contributed by atoms with van der Waals surface area (Å²) < 4.78 is 47.9. The smallest absolute Gasteiger partial charge is 0.255 e. The van der Waals surface area contributed by atoms with Crippen LogP contribution >= 0.6 is 0 Å². The van der Waals surface area contributed by atoms with Crippen molar-refractivity contribution in [3.05, 3.63) is 136 Å². The van der Waals surface area contributed by atoms with Gasteiger partial charge in [0.2, 0.25) is 0 Å². The Morgan fingerprint density at radius 2 is 1.63 bits per heavy atom. The highest BCUT2D eigenvalue weighted by molar-refractivity contribution is 5.96. The standard InChI is InChI=1S/C36H32F2N2O6/c1-3-44-34-21-35(42)40(2)22-28(34)27-19-23(13-15-32(27)46-33-16-14-24(37)20-29(33)38)31(45-25-9-5-4-6-10-25)17-18-39-36(43)26-11-7-8-12-30(26)41/h4-16,19-22,31,41H,3,17-18H2,1-2H3,(H,39,43). The molecule has 1 heterocycles. The number of benzene rings is 4. The number of nitrogens with one attached hydrogen (secondary N) is 1. The van der Waals surface area contributed by atoms with Crippen molar-refractivity contribution in [1.29, 1.82) is 0 Å². The number of nitrogens with zero attached hydrogens (tertiary/aromatic N) is 1. The predicted octanol–water partition coefficient (Wildman–Crippen LogP) is 7.17. The van der Waals surface area contributed by atoms with E-state index in [4.69, 9.17) is 14.2 Å². The average Bonchev–Trinajstić information content (AvgIpc) is 3.04. The number of pyridine rings is 1. The second-order valence-electron chi connectivity index (χ2n) is 10.3. The van der Waals surface area contributed by atoms with E-state index < -0.39 is 23.6 Å². The van der Waals surface area contributed by atoms with Gasteiger partial charge < -0.3 is 29.2 Å². The highest BCUT2D eigenvalue weighted by Gasteiger charge is 2.22. The van der Waals surface area contributed by atoms with Crippen molar-refractivity contribution in [2.45, 2.75) is 19.4 Å². The highest BCUT2D eigenvalue weighted by atomic mass is 19.1. The highest BCUT2D eigenvalue weighted by Crippen LogP contribution is 2.41. The van der Waals surface area contributed by atoms with Gasteiger partial charge in [0.25, 0.3) is 11.5 Å². The lowest BCUT2D eigenvalue weighted by Gasteiger charge is -2.22. The summed E-state index contributed by atoms with van der Waals surface area (Å²) in [5, 5.41) is 12.9. The normalized spacial score (nSPS) is 11.5. The van der Waals surface area contributed by atoms with Crippen molar-refractivity contribution in [1.82, 2.24) is 9.88 Å². The molecule has 0 spiro atoms. The molecule has 0 saturated heterocycles. The van der Waals surface area contributed by atoms with E-state index >= 15 is 0 Å². The Kier molecular flexibility index (Phi) is 9.97. The van der Waals surface area contributed by atoms with Crippen LogP contribution in [0.15, 0.2) is 108 Å². The molecule has 2 N–H and O–H groups in total. The van der Waals surface area contributed by atoms with Gasteiger partial charge in [-0.3, -0.25) is 9.59 Å².